The third-order valence-corrected chi connectivity index (χ3v) is 3.50. The van der Waals surface area contributed by atoms with Gasteiger partial charge >= 0.3 is 0 Å². The largest absolute Gasteiger partial charge is 0.385 e. The first kappa shape index (κ1) is 15.4. The molecule has 1 aliphatic rings. The van der Waals surface area contributed by atoms with Crippen LogP contribution in [0.25, 0.3) is 0 Å². The van der Waals surface area contributed by atoms with Gasteiger partial charge in [-0.3, -0.25) is 24.8 Å². The van der Waals surface area contributed by atoms with E-state index in [1.807, 2.05) is 24.0 Å². The van der Waals surface area contributed by atoms with Crippen LogP contribution in [0.5, 0.6) is 0 Å². The average Bonchev–Trinajstić information content (AvgIpc) is 2.45. The van der Waals surface area contributed by atoms with Gasteiger partial charge in [-0.15, -0.1) is 0 Å². The smallest absolute Gasteiger partial charge is 0.243 e. The molecular formula is C15H22N4O2. The normalized spacial score (nSPS) is 19.4. The predicted molar refractivity (Wildman–Crippen MR) is 80.7 cm³/mol. The molecule has 0 saturated carbocycles. The SMILES string of the molecule is CCCNc1ccnc(CN2CC(=O)NC(=O)C2CC)c1. The number of aromatic nitrogens is 1. The van der Waals surface area contributed by atoms with Crippen molar-refractivity contribution in [2.75, 3.05) is 18.4 Å². The molecule has 21 heavy (non-hydrogen) atoms. The van der Waals surface area contributed by atoms with Gasteiger partial charge in [0.25, 0.3) is 0 Å². The number of rotatable bonds is 6. The van der Waals surface area contributed by atoms with Crippen molar-refractivity contribution in [2.45, 2.75) is 39.3 Å². The minimum atomic E-state index is -0.267. The van der Waals surface area contributed by atoms with Crippen LogP contribution in [0.2, 0.25) is 0 Å². The van der Waals surface area contributed by atoms with Gasteiger partial charge in [0.2, 0.25) is 11.8 Å². The Morgan fingerprint density at radius 2 is 2.24 bits per heavy atom. The van der Waals surface area contributed by atoms with Crippen molar-refractivity contribution in [3.05, 3.63) is 24.0 Å². The second kappa shape index (κ2) is 7.17. The zero-order valence-corrected chi connectivity index (χ0v) is 12.6. The van der Waals surface area contributed by atoms with Crippen molar-refractivity contribution in [1.29, 1.82) is 0 Å². The van der Waals surface area contributed by atoms with Crippen LogP contribution < -0.4 is 10.6 Å². The molecule has 0 spiro atoms. The zero-order valence-electron chi connectivity index (χ0n) is 12.6. The molecule has 6 nitrogen and oxygen atoms in total. The molecule has 1 atom stereocenters. The second-order valence-electron chi connectivity index (χ2n) is 5.20. The molecule has 0 bridgehead atoms. The van der Waals surface area contributed by atoms with Crippen LogP contribution in [-0.2, 0) is 16.1 Å². The zero-order chi connectivity index (χ0) is 15.2. The van der Waals surface area contributed by atoms with E-state index in [1.165, 1.54) is 0 Å². The molecule has 0 aliphatic carbocycles. The number of pyridine rings is 1. The average molecular weight is 290 g/mol. The number of carbonyl (C=O) groups excluding carboxylic acids is 2. The highest BCUT2D eigenvalue weighted by Gasteiger charge is 2.32. The summed E-state index contributed by atoms with van der Waals surface area (Å²) in [6.07, 6.45) is 3.48. The summed E-state index contributed by atoms with van der Waals surface area (Å²) in [4.78, 5) is 29.6. The molecule has 0 radical (unpaired) electrons. The van der Waals surface area contributed by atoms with Gasteiger partial charge in [-0.05, 0) is 25.0 Å². The van der Waals surface area contributed by atoms with Gasteiger partial charge < -0.3 is 5.32 Å². The third-order valence-electron chi connectivity index (χ3n) is 3.50. The summed E-state index contributed by atoms with van der Waals surface area (Å²) < 4.78 is 0. The fourth-order valence-electron chi connectivity index (χ4n) is 2.48. The van der Waals surface area contributed by atoms with Crippen LogP contribution in [0.4, 0.5) is 5.69 Å². The molecule has 1 unspecified atom stereocenters. The van der Waals surface area contributed by atoms with E-state index < -0.39 is 0 Å². The van der Waals surface area contributed by atoms with E-state index in [-0.39, 0.29) is 24.4 Å². The Morgan fingerprint density at radius 1 is 1.43 bits per heavy atom. The molecule has 1 saturated heterocycles. The van der Waals surface area contributed by atoms with E-state index in [1.54, 1.807) is 6.20 Å². The number of piperazine rings is 1. The quantitative estimate of drug-likeness (QED) is 0.769. The van der Waals surface area contributed by atoms with E-state index >= 15 is 0 Å². The first-order valence-corrected chi connectivity index (χ1v) is 7.40. The highest BCUT2D eigenvalue weighted by molar-refractivity contribution is 6.01. The molecule has 1 aromatic rings. The topological polar surface area (TPSA) is 74.3 Å². The summed E-state index contributed by atoms with van der Waals surface area (Å²) >= 11 is 0. The van der Waals surface area contributed by atoms with Crippen LogP contribution in [0.1, 0.15) is 32.4 Å². The van der Waals surface area contributed by atoms with Crippen LogP contribution in [0.3, 0.4) is 0 Å². The van der Waals surface area contributed by atoms with E-state index in [0.29, 0.717) is 13.0 Å². The lowest BCUT2D eigenvalue weighted by atomic mass is 10.1. The molecule has 6 heteroatoms. The maximum Gasteiger partial charge on any atom is 0.243 e. The summed E-state index contributed by atoms with van der Waals surface area (Å²) in [6.45, 7) is 5.70. The highest BCUT2D eigenvalue weighted by atomic mass is 16.2. The van der Waals surface area contributed by atoms with Crippen molar-refractivity contribution in [1.82, 2.24) is 15.2 Å². The molecule has 1 aliphatic heterocycles. The summed E-state index contributed by atoms with van der Waals surface area (Å²) in [7, 11) is 0. The number of amides is 2. The molecule has 2 rings (SSSR count). The number of imide groups is 1. The Morgan fingerprint density at radius 3 is 2.95 bits per heavy atom. The van der Waals surface area contributed by atoms with Gasteiger partial charge in [0, 0.05) is 25.0 Å². The summed E-state index contributed by atoms with van der Waals surface area (Å²) in [6, 6.07) is 3.63. The van der Waals surface area contributed by atoms with Gasteiger partial charge in [0.15, 0.2) is 0 Å². The standard InChI is InChI=1S/C15H22N4O2/c1-3-6-16-11-5-7-17-12(8-11)9-19-10-14(20)18-15(21)13(19)4-2/h5,7-8,13H,3-4,6,9-10H2,1-2H3,(H,16,17)(H,18,20,21). The second-order valence-corrected chi connectivity index (χ2v) is 5.20. The number of nitrogens with zero attached hydrogens (tertiary/aromatic N) is 2. The van der Waals surface area contributed by atoms with E-state index in [2.05, 4.69) is 22.5 Å². The van der Waals surface area contributed by atoms with Crippen LogP contribution in [-0.4, -0.2) is 40.8 Å². The highest BCUT2D eigenvalue weighted by Crippen LogP contribution is 2.15. The minimum absolute atomic E-state index is 0.214. The maximum absolute atomic E-state index is 11.8. The first-order chi connectivity index (χ1) is 10.1. The lowest BCUT2D eigenvalue weighted by Gasteiger charge is -2.33. The molecule has 2 heterocycles. The Hall–Kier alpha value is -1.95. The van der Waals surface area contributed by atoms with Crippen LogP contribution in [0.15, 0.2) is 18.3 Å². The lowest BCUT2D eigenvalue weighted by Crippen LogP contribution is -2.57. The Balaban J connectivity index is 2.08. The van der Waals surface area contributed by atoms with Crippen LogP contribution >= 0.6 is 0 Å². The van der Waals surface area contributed by atoms with Crippen molar-refractivity contribution < 1.29 is 9.59 Å². The fraction of sp³-hybridized carbons (Fsp3) is 0.533. The van der Waals surface area contributed by atoms with Gasteiger partial charge in [-0.25, -0.2) is 0 Å². The molecule has 114 valence electrons. The van der Waals surface area contributed by atoms with Crippen molar-refractivity contribution in [3.8, 4) is 0 Å². The van der Waals surface area contributed by atoms with E-state index in [4.69, 9.17) is 0 Å². The van der Waals surface area contributed by atoms with Crippen molar-refractivity contribution in [3.63, 3.8) is 0 Å². The molecule has 1 aromatic heterocycles. The third kappa shape index (κ3) is 4.01. The minimum Gasteiger partial charge on any atom is -0.385 e. The first-order valence-electron chi connectivity index (χ1n) is 7.40. The molecule has 2 amide bonds. The molecular weight excluding hydrogens is 268 g/mol. The number of hydrogen-bond acceptors (Lipinski definition) is 5. The number of anilines is 1. The van der Waals surface area contributed by atoms with Gasteiger partial charge in [-0.1, -0.05) is 13.8 Å². The monoisotopic (exact) mass is 290 g/mol. The van der Waals surface area contributed by atoms with Crippen LogP contribution in [0, 0.1) is 0 Å². The van der Waals surface area contributed by atoms with Gasteiger partial charge in [-0.2, -0.15) is 0 Å². The molecule has 0 aromatic carbocycles. The van der Waals surface area contributed by atoms with Crippen molar-refractivity contribution >= 4 is 17.5 Å². The summed E-state index contributed by atoms with van der Waals surface area (Å²) in [5, 5.41) is 5.69. The van der Waals surface area contributed by atoms with Crippen molar-refractivity contribution in [2.24, 2.45) is 0 Å². The molecule has 1 fully saturated rings. The predicted octanol–water partition coefficient (Wildman–Crippen LogP) is 1.14. The van der Waals surface area contributed by atoms with E-state index in [0.717, 1.165) is 24.3 Å². The summed E-state index contributed by atoms with van der Waals surface area (Å²) in [5.74, 6) is -0.459. The number of hydrogen-bond donors (Lipinski definition) is 2. The fourth-order valence-corrected chi connectivity index (χ4v) is 2.48. The number of carbonyl (C=O) groups is 2. The van der Waals surface area contributed by atoms with Gasteiger partial charge in [0.1, 0.15) is 0 Å². The Labute approximate surface area is 124 Å². The van der Waals surface area contributed by atoms with Gasteiger partial charge in [0.05, 0.1) is 18.3 Å². The van der Waals surface area contributed by atoms with E-state index in [9.17, 15) is 9.59 Å². The molecule has 2 N–H and O–H groups in total. The summed E-state index contributed by atoms with van der Waals surface area (Å²) in [5.41, 5.74) is 1.87. The lowest BCUT2D eigenvalue weighted by molar-refractivity contribution is -0.140. The Kier molecular flexibility index (Phi) is 5.27. The number of nitrogens with one attached hydrogen (secondary N) is 2. The maximum atomic E-state index is 11.8. The Bertz CT molecular complexity index is 518.